The van der Waals surface area contributed by atoms with Gasteiger partial charge in [-0.05, 0) is 51.0 Å². The van der Waals surface area contributed by atoms with Crippen LogP contribution >= 0.6 is 0 Å². The SMILES string of the molecule is COC(=O)Nc1ccc(S(=O)(=O)N2[C@H](C)CCC[C@H]2C)cc1. The van der Waals surface area contributed by atoms with Gasteiger partial charge in [0.1, 0.15) is 0 Å². The summed E-state index contributed by atoms with van der Waals surface area (Å²) in [4.78, 5) is 11.4. The van der Waals surface area contributed by atoms with Crippen LogP contribution < -0.4 is 5.32 Å². The van der Waals surface area contributed by atoms with Crippen LogP contribution in [-0.2, 0) is 14.8 Å². The standard InChI is InChI=1S/C15H22N2O4S/c1-11-5-4-6-12(2)17(11)22(19,20)14-9-7-13(8-10-14)16-15(18)21-3/h7-12H,4-6H2,1-3H3,(H,16,18)/t11-,12-/m1/s1. The van der Waals surface area contributed by atoms with Gasteiger partial charge in [-0.3, -0.25) is 5.32 Å². The Morgan fingerprint density at radius 3 is 2.23 bits per heavy atom. The van der Waals surface area contributed by atoms with E-state index in [1.807, 2.05) is 13.8 Å². The van der Waals surface area contributed by atoms with Crippen molar-refractivity contribution < 1.29 is 17.9 Å². The zero-order chi connectivity index (χ0) is 16.3. The quantitative estimate of drug-likeness (QED) is 0.926. The van der Waals surface area contributed by atoms with Gasteiger partial charge in [-0.15, -0.1) is 0 Å². The summed E-state index contributed by atoms with van der Waals surface area (Å²) in [7, 11) is -2.25. The van der Waals surface area contributed by atoms with Crippen molar-refractivity contribution in [1.82, 2.24) is 4.31 Å². The summed E-state index contributed by atoms with van der Waals surface area (Å²) in [5, 5.41) is 2.50. The number of nitrogens with zero attached hydrogens (tertiary/aromatic N) is 1. The van der Waals surface area contributed by atoms with Crippen LogP contribution in [0.2, 0.25) is 0 Å². The Labute approximate surface area is 131 Å². The highest BCUT2D eigenvalue weighted by molar-refractivity contribution is 7.89. The number of anilines is 1. The van der Waals surface area contributed by atoms with Crippen molar-refractivity contribution in [2.75, 3.05) is 12.4 Å². The first-order valence-electron chi connectivity index (χ1n) is 7.35. The minimum atomic E-state index is -3.52. The molecule has 2 rings (SSSR count). The third-order valence-corrected chi connectivity index (χ3v) is 6.12. The molecule has 1 aromatic rings. The third-order valence-electron chi connectivity index (χ3n) is 3.97. The second-order valence-electron chi connectivity index (χ2n) is 5.60. The largest absolute Gasteiger partial charge is 0.453 e. The Morgan fingerprint density at radius 2 is 1.73 bits per heavy atom. The number of hydrogen-bond acceptors (Lipinski definition) is 4. The molecule has 1 saturated heterocycles. The molecule has 2 atom stereocenters. The molecule has 0 aromatic heterocycles. The number of nitrogens with one attached hydrogen (secondary N) is 1. The maximum atomic E-state index is 12.8. The molecule has 122 valence electrons. The van der Waals surface area contributed by atoms with Crippen LogP contribution in [0.5, 0.6) is 0 Å². The molecule has 1 heterocycles. The molecular weight excluding hydrogens is 304 g/mol. The molecule has 1 aliphatic heterocycles. The van der Waals surface area contributed by atoms with Gasteiger partial charge < -0.3 is 4.74 Å². The van der Waals surface area contributed by atoms with E-state index in [-0.39, 0.29) is 17.0 Å². The van der Waals surface area contributed by atoms with Gasteiger partial charge in [-0.25, -0.2) is 13.2 Å². The molecule has 22 heavy (non-hydrogen) atoms. The van der Waals surface area contributed by atoms with Gasteiger partial charge in [0.25, 0.3) is 0 Å². The van der Waals surface area contributed by atoms with Gasteiger partial charge in [0.2, 0.25) is 10.0 Å². The summed E-state index contributed by atoms with van der Waals surface area (Å²) in [6.45, 7) is 3.89. The number of amides is 1. The highest BCUT2D eigenvalue weighted by atomic mass is 32.2. The van der Waals surface area contributed by atoms with Crippen molar-refractivity contribution in [1.29, 1.82) is 0 Å². The van der Waals surface area contributed by atoms with Gasteiger partial charge in [0.15, 0.2) is 0 Å². The van der Waals surface area contributed by atoms with Gasteiger partial charge in [0, 0.05) is 17.8 Å². The number of sulfonamides is 1. The van der Waals surface area contributed by atoms with E-state index in [2.05, 4.69) is 10.1 Å². The molecule has 6 nitrogen and oxygen atoms in total. The van der Waals surface area contributed by atoms with E-state index in [9.17, 15) is 13.2 Å². The van der Waals surface area contributed by atoms with E-state index in [1.165, 1.54) is 19.2 Å². The van der Waals surface area contributed by atoms with Crippen LogP contribution in [0.15, 0.2) is 29.2 Å². The molecular formula is C15H22N2O4S. The average molecular weight is 326 g/mol. The molecule has 1 N–H and O–H groups in total. The highest BCUT2D eigenvalue weighted by Crippen LogP contribution is 2.29. The number of ether oxygens (including phenoxy) is 1. The van der Waals surface area contributed by atoms with E-state index >= 15 is 0 Å². The maximum absolute atomic E-state index is 12.8. The van der Waals surface area contributed by atoms with Crippen LogP contribution in [0.4, 0.5) is 10.5 Å². The number of piperidine rings is 1. The Morgan fingerprint density at radius 1 is 1.18 bits per heavy atom. The summed E-state index contributed by atoms with van der Waals surface area (Å²) in [5.74, 6) is 0. The molecule has 1 aromatic carbocycles. The molecule has 0 aliphatic carbocycles. The van der Waals surface area contributed by atoms with Gasteiger partial charge in [-0.1, -0.05) is 6.42 Å². The Hall–Kier alpha value is -1.60. The second kappa shape index (κ2) is 6.66. The predicted octanol–water partition coefficient (Wildman–Crippen LogP) is 2.82. The molecule has 1 amide bonds. The first-order valence-corrected chi connectivity index (χ1v) is 8.79. The normalized spacial score (nSPS) is 23.0. The van der Waals surface area contributed by atoms with E-state index in [1.54, 1.807) is 16.4 Å². The lowest BCUT2D eigenvalue weighted by Gasteiger charge is -2.37. The summed E-state index contributed by atoms with van der Waals surface area (Å²) < 4.78 is 31.7. The molecule has 1 aliphatic rings. The van der Waals surface area contributed by atoms with E-state index in [0.29, 0.717) is 5.69 Å². The van der Waals surface area contributed by atoms with Gasteiger partial charge in [0.05, 0.1) is 12.0 Å². The molecule has 0 radical (unpaired) electrons. The smallest absolute Gasteiger partial charge is 0.411 e. The second-order valence-corrected chi connectivity index (χ2v) is 7.45. The fourth-order valence-electron chi connectivity index (χ4n) is 2.87. The summed E-state index contributed by atoms with van der Waals surface area (Å²) >= 11 is 0. The number of benzene rings is 1. The lowest BCUT2D eigenvalue weighted by Crippen LogP contribution is -2.47. The molecule has 0 spiro atoms. The van der Waals surface area contributed by atoms with E-state index in [0.717, 1.165) is 19.3 Å². The van der Waals surface area contributed by atoms with Crippen LogP contribution in [0.1, 0.15) is 33.1 Å². The first-order chi connectivity index (χ1) is 10.4. The Balaban J connectivity index is 2.24. The molecule has 7 heteroatoms. The number of carbonyl (C=O) groups is 1. The van der Waals surface area contributed by atoms with E-state index < -0.39 is 16.1 Å². The highest BCUT2D eigenvalue weighted by Gasteiger charge is 2.35. The molecule has 0 unspecified atom stereocenters. The van der Waals surface area contributed by atoms with Crippen LogP contribution in [0.25, 0.3) is 0 Å². The van der Waals surface area contributed by atoms with E-state index in [4.69, 9.17) is 0 Å². The topological polar surface area (TPSA) is 75.7 Å². The number of methoxy groups -OCH3 is 1. The van der Waals surface area contributed by atoms with Crippen LogP contribution in [0.3, 0.4) is 0 Å². The summed E-state index contributed by atoms with van der Waals surface area (Å²) in [6.07, 6.45) is 2.22. The van der Waals surface area contributed by atoms with Gasteiger partial charge in [-0.2, -0.15) is 4.31 Å². The van der Waals surface area contributed by atoms with Gasteiger partial charge >= 0.3 is 6.09 Å². The van der Waals surface area contributed by atoms with Crippen molar-refractivity contribution in [3.63, 3.8) is 0 Å². The number of hydrogen-bond donors (Lipinski definition) is 1. The van der Waals surface area contributed by atoms with Crippen LogP contribution in [0, 0.1) is 0 Å². The summed E-state index contributed by atoms with van der Waals surface area (Å²) in [5.41, 5.74) is 0.491. The third kappa shape index (κ3) is 3.41. The summed E-state index contributed by atoms with van der Waals surface area (Å²) in [6, 6.07) is 6.14. The first kappa shape index (κ1) is 16.8. The lowest BCUT2D eigenvalue weighted by atomic mass is 10.0. The Bertz CT molecular complexity index is 617. The average Bonchev–Trinajstić information content (AvgIpc) is 2.47. The monoisotopic (exact) mass is 326 g/mol. The van der Waals surface area contributed by atoms with Crippen molar-refractivity contribution >= 4 is 21.8 Å². The molecule has 1 fully saturated rings. The number of carbonyl (C=O) groups excluding carboxylic acids is 1. The number of rotatable bonds is 3. The van der Waals surface area contributed by atoms with Crippen molar-refractivity contribution in [2.45, 2.75) is 50.1 Å². The molecule has 0 saturated carbocycles. The predicted molar refractivity (Wildman–Crippen MR) is 84.3 cm³/mol. The lowest BCUT2D eigenvalue weighted by molar-refractivity contribution is 0.187. The zero-order valence-corrected chi connectivity index (χ0v) is 13.9. The van der Waals surface area contributed by atoms with Crippen LogP contribution in [-0.4, -0.2) is 38.0 Å². The van der Waals surface area contributed by atoms with Crippen molar-refractivity contribution in [2.24, 2.45) is 0 Å². The Kier molecular flexibility index (Phi) is 5.08. The minimum Gasteiger partial charge on any atom is -0.453 e. The fraction of sp³-hybridized carbons (Fsp3) is 0.533. The fourth-order valence-corrected chi connectivity index (χ4v) is 4.75. The van der Waals surface area contributed by atoms with Crippen molar-refractivity contribution in [3.8, 4) is 0 Å². The zero-order valence-electron chi connectivity index (χ0n) is 13.1. The minimum absolute atomic E-state index is 0.00150. The van der Waals surface area contributed by atoms with Crippen molar-refractivity contribution in [3.05, 3.63) is 24.3 Å². The maximum Gasteiger partial charge on any atom is 0.411 e. The molecule has 0 bridgehead atoms.